The lowest BCUT2D eigenvalue weighted by Gasteiger charge is -2.27. The van der Waals surface area contributed by atoms with E-state index in [1.54, 1.807) is 12.1 Å². The molecular formula is C42H38N6O12. The zero-order valence-electron chi connectivity index (χ0n) is 33.5. The van der Waals surface area contributed by atoms with Gasteiger partial charge in [0.15, 0.2) is 0 Å². The molecule has 5 atom stereocenters. The fourth-order valence-corrected chi connectivity index (χ4v) is 7.45. The molecule has 0 bridgehead atoms. The molecule has 0 amide bonds. The van der Waals surface area contributed by atoms with E-state index in [-0.39, 0.29) is 61.9 Å². The minimum Gasteiger partial charge on any atom is -0.466 e. The maximum atomic E-state index is 14.5. The van der Waals surface area contributed by atoms with Crippen molar-refractivity contribution < 1.29 is 57.2 Å². The Bertz CT molecular complexity index is 2300. The molecule has 0 saturated carbocycles. The Morgan fingerprint density at radius 2 is 1.07 bits per heavy atom. The van der Waals surface area contributed by atoms with Crippen molar-refractivity contribution in [2.75, 3.05) is 39.6 Å². The molecule has 3 rings (SSSR count). The van der Waals surface area contributed by atoms with Gasteiger partial charge in [0.05, 0.1) is 94.7 Å². The highest BCUT2D eigenvalue weighted by molar-refractivity contribution is 6.01. The molecule has 0 heterocycles. The van der Waals surface area contributed by atoms with Crippen LogP contribution in [-0.4, -0.2) is 75.5 Å². The van der Waals surface area contributed by atoms with Gasteiger partial charge in [0.2, 0.25) is 0 Å². The molecule has 18 nitrogen and oxygen atoms in total. The number of carbonyl (C=O) groups is 6. The Labute approximate surface area is 345 Å². The third-order valence-electron chi connectivity index (χ3n) is 9.33. The Kier molecular flexibility index (Phi) is 16.4. The summed E-state index contributed by atoms with van der Waals surface area (Å²) in [6.45, 7) is 38.8. The average molecular weight is 819 g/mol. The Hall–Kier alpha value is -7.80. The number of fused-ring (bicyclic) bond motifs is 3. The van der Waals surface area contributed by atoms with Crippen LogP contribution >= 0.6 is 0 Å². The van der Waals surface area contributed by atoms with Crippen LogP contribution in [0.3, 0.4) is 0 Å². The fraction of sp³-hybridized carbons (Fsp3) is 0.429. The summed E-state index contributed by atoms with van der Waals surface area (Å²) in [5.74, 6) is -17.2. The number of nitrogens with zero attached hydrogens (tertiary/aromatic N) is 6. The van der Waals surface area contributed by atoms with Crippen LogP contribution in [0.15, 0.2) is 40.0 Å². The lowest BCUT2D eigenvalue weighted by Crippen LogP contribution is -2.25. The van der Waals surface area contributed by atoms with E-state index in [4.69, 9.17) is 54.7 Å². The van der Waals surface area contributed by atoms with Crippen LogP contribution in [0, 0.1) is 49.0 Å². The predicted octanol–water partition coefficient (Wildman–Crippen LogP) is 5.34. The number of rotatable bonds is 15. The van der Waals surface area contributed by atoms with Gasteiger partial charge in [-0.05, 0) is 80.5 Å². The lowest BCUT2D eigenvalue weighted by atomic mass is 9.78. The van der Waals surface area contributed by atoms with Crippen molar-refractivity contribution in [1.29, 1.82) is 10.5 Å². The molecule has 2 aliphatic carbocycles. The summed E-state index contributed by atoms with van der Waals surface area (Å²) in [6, 6.07) is 4.50. The van der Waals surface area contributed by atoms with Crippen LogP contribution < -0.4 is 0 Å². The van der Waals surface area contributed by atoms with Gasteiger partial charge >= 0.3 is 41.6 Å². The zero-order valence-corrected chi connectivity index (χ0v) is 33.5. The van der Waals surface area contributed by atoms with Crippen LogP contribution in [-0.2, 0) is 57.2 Å². The number of nitriles is 2. The molecule has 0 spiro atoms. The molecule has 0 N–H and O–H groups in total. The van der Waals surface area contributed by atoms with Gasteiger partial charge in [0, 0.05) is 0 Å². The topological polar surface area (TPSA) is 223 Å². The number of hydrogen-bond acceptors (Lipinski definition) is 14. The molecule has 60 heavy (non-hydrogen) atoms. The maximum Gasteiger partial charge on any atom is 0.520 e. The Morgan fingerprint density at radius 3 is 1.48 bits per heavy atom. The van der Waals surface area contributed by atoms with Crippen molar-refractivity contribution in [3.63, 3.8) is 0 Å². The van der Waals surface area contributed by atoms with E-state index in [2.05, 4.69) is 19.4 Å². The summed E-state index contributed by atoms with van der Waals surface area (Å²) in [5.41, 5.74) is -4.67. The van der Waals surface area contributed by atoms with E-state index in [1.807, 2.05) is 0 Å². The van der Waals surface area contributed by atoms with Gasteiger partial charge in [0.25, 0.3) is 11.4 Å². The van der Waals surface area contributed by atoms with E-state index >= 15 is 0 Å². The van der Waals surface area contributed by atoms with E-state index in [1.165, 1.54) is 41.5 Å². The summed E-state index contributed by atoms with van der Waals surface area (Å²) in [5, 5.41) is 20.5. The minimum atomic E-state index is -2.02. The van der Waals surface area contributed by atoms with Crippen LogP contribution in [0.4, 0.5) is 0 Å². The minimum absolute atomic E-state index is 0.158. The first-order chi connectivity index (χ1) is 28.8. The Balaban J connectivity index is 3.04. The number of ether oxygens (including phenoxy) is 6. The second-order valence-corrected chi connectivity index (χ2v) is 12.3. The van der Waals surface area contributed by atoms with Crippen molar-refractivity contribution in [2.24, 2.45) is 0 Å². The smallest absolute Gasteiger partial charge is 0.466 e. The summed E-state index contributed by atoms with van der Waals surface area (Å²) in [7, 11) is 0. The summed E-state index contributed by atoms with van der Waals surface area (Å²) in [4.78, 5) is 98.1. The highest BCUT2D eigenvalue weighted by atomic mass is 16.6. The van der Waals surface area contributed by atoms with Gasteiger partial charge in [-0.15, -0.1) is 0 Å². The molecule has 0 aliphatic heterocycles. The van der Waals surface area contributed by atoms with E-state index < -0.39 is 111 Å². The fourth-order valence-electron chi connectivity index (χ4n) is 7.45. The van der Waals surface area contributed by atoms with E-state index in [9.17, 15) is 39.3 Å². The highest BCUT2D eigenvalue weighted by Gasteiger charge is 2.58. The number of allylic oxidation sites excluding steroid dienone is 2. The van der Waals surface area contributed by atoms with E-state index in [0.717, 1.165) is 6.07 Å². The summed E-state index contributed by atoms with van der Waals surface area (Å²) < 4.78 is 32.3. The van der Waals surface area contributed by atoms with Gasteiger partial charge in [0.1, 0.15) is 25.0 Å². The van der Waals surface area contributed by atoms with Gasteiger partial charge in [-0.25, -0.2) is 20.2 Å². The summed E-state index contributed by atoms with van der Waals surface area (Å²) >= 11 is 0. The molecule has 5 unspecified atom stereocenters. The molecule has 0 aromatic heterocycles. The largest absolute Gasteiger partial charge is 0.520 e. The Morgan fingerprint density at radius 1 is 0.600 bits per heavy atom. The van der Waals surface area contributed by atoms with Crippen molar-refractivity contribution >= 4 is 35.8 Å². The van der Waals surface area contributed by atoms with Crippen molar-refractivity contribution in [3.8, 4) is 12.1 Å². The lowest BCUT2D eigenvalue weighted by molar-refractivity contribution is -0.146. The number of hydrogen-bond donors (Lipinski definition) is 0. The molecule has 308 valence electrons. The number of carbonyl (C=O) groups excluding carboxylic acids is 6. The normalized spacial score (nSPS) is 18.6. The molecule has 0 saturated heterocycles. The van der Waals surface area contributed by atoms with Crippen LogP contribution in [0.2, 0.25) is 0 Å². The number of esters is 6. The quantitative estimate of drug-likeness (QED) is 0.0943. The van der Waals surface area contributed by atoms with Gasteiger partial charge in [-0.1, -0.05) is 6.07 Å². The third kappa shape index (κ3) is 8.70. The first kappa shape index (κ1) is 46.6. The maximum absolute atomic E-state index is 14.5. The van der Waals surface area contributed by atoms with Crippen LogP contribution in [0.5, 0.6) is 0 Å². The second kappa shape index (κ2) is 21.1. The van der Waals surface area contributed by atoms with Gasteiger partial charge < -0.3 is 28.4 Å². The molecule has 0 radical (unpaired) electrons. The molecule has 18 heteroatoms. The SMILES string of the molecule is [C-]#[N+]C([N+]#[C-])=C1C(C(=O)OCC)c2c(C(C(=O)OCC)/C(CC(=O)OCC)=C(/C#N)[N+]#[C-])cc3c(c2C1C(=O)OCC)C(C(=O)OCC)/C(=C(/C#N)[N+]#[C-])C3C(=O)OCC. The molecule has 0 fully saturated rings. The summed E-state index contributed by atoms with van der Waals surface area (Å²) in [6.07, 6.45) is -0.883. The third-order valence-corrected chi connectivity index (χ3v) is 9.33. The molecule has 2 aliphatic rings. The molecule has 1 aromatic rings. The first-order valence-corrected chi connectivity index (χ1v) is 18.5. The van der Waals surface area contributed by atoms with Crippen molar-refractivity contribution in [2.45, 2.75) is 77.6 Å². The second-order valence-electron chi connectivity index (χ2n) is 12.3. The standard InChI is InChI=1S/C42H38N6O12/c1-11-55-26(49)18-21(24(19-43)45-7)27(38(50)56-12-2)22-17-23-29(34(40(52)58-14-4)31(25(20-44)46-8)30(23)39(51)57-13-3)32-28(22)35(41(53)59-15-5)33(37(47-9)48-10)36(32)42(54)60-16-6/h17,27,30,34-36H,11-16,18H2,1-6H3/b24-21-,31-25-. The highest BCUT2D eigenvalue weighted by Crippen LogP contribution is 2.61. The van der Waals surface area contributed by atoms with Crippen molar-refractivity contribution in [3.05, 3.63) is 113 Å². The van der Waals surface area contributed by atoms with Crippen LogP contribution in [0.1, 0.15) is 105 Å². The monoisotopic (exact) mass is 818 g/mol. The van der Waals surface area contributed by atoms with Crippen molar-refractivity contribution in [1.82, 2.24) is 0 Å². The van der Waals surface area contributed by atoms with Crippen LogP contribution in [0.25, 0.3) is 19.4 Å². The van der Waals surface area contributed by atoms with E-state index in [0.29, 0.717) is 0 Å². The number of benzene rings is 1. The first-order valence-electron chi connectivity index (χ1n) is 18.5. The molecular weight excluding hydrogens is 780 g/mol. The average Bonchev–Trinajstić information content (AvgIpc) is 3.74. The predicted molar refractivity (Wildman–Crippen MR) is 203 cm³/mol. The molecule has 1 aromatic carbocycles. The zero-order chi connectivity index (χ0) is 44.8. The van der Waals surface area contributed by atoms with Gasteiger partial charge in [-0.2, -0.15) is 9.69 Å². The van der Waals surface area contributed by atoms with Gasteiger partial charge in [-0.3, -0.25) is 28.8 Å².